The average Bonchev–Trinajstić information content (AvgIpc) is 3.11. The maximum absolute atomic E-state index is 12.5. The fourth-order valence-corrected chi connectivity index (χ4v) is 2.47. The fraction of sp³-hybridized carbons (Fsp3) is 0.176. The molecule has 26 heavy (non-hydrogen) atoms. The largest absolute Gasteiger partial charge is 0.471 e. The number of Topliss-reactive ketones (excluding diaryl/α,β-unsaturated/α-hetero) is 1. The van der Waals surface area contributed by atoms with E-state index < -0.39 is 12.1 Å². The van der Waals surface area contributed by atoms with Crippen molar-refractivity contribution in [2.75, 3.05) is 0 Å². The van der Waals surface area contributed by atoms with Gasteiger partial charge in [0, 0.05) is 18.2 Å². The van der Waals surface area contributed by atoms with Crippen molar-refractivity contribution in [2.45, 2.75) is 19.0 Å². The van der Waals surface area contributed by atoms with Crippen LogP contribution in [-0.2, 0) is 12.6 Å². The highest BCUT2D eigenvalue weighted by molar-refractivity contribution is 6.33. The Morgan fingerprint density at radius 2 is 1.92 bits per heavy atom. The Kier molecular flexibility index (Phi) is 5.03. The summed E-state index contributed by atoms with van der Waals surface area (Å²) in [5, 5.41) is 3.66. The molecule has 0 radical (unpaired) electrons. The molecule has 0 saturated carbocycles. The lowest BCUT2D eigenvalue weighted by Gasteiger charge is -2.04. The van der Waals surface area contributed by atoms with E-state index in [1.54, 1.807) is 30.3 Å². The molecule has 3 aromatic rings. The minimum absolute atomic E-state index is 0.104. The zero-order valence-corrected chi connectivity index (χ0v) is 13.9. The normalized spacial score (nSPS) is 11.5. The Morgan fingerprint density at radius 1 is 1.15 bits per heavy atom. The first-order valence-electron chi connectivity index (χ1n) is 7.48. The van der Waals surface area contributed by atoms with Gasteiger partial charge in [-0.05, 0) is 30.2 Å². The van der Waals surface area contributed by atoms with Gasteiger partial charge in [-0.25, -0.2) is 0 Å². The van der Waals surface area contributed by atoms with Crippen LogP contribution in [0.4, 0.5) is 13.2 Å². The van der Waals surface area contributed by atoms with Gasteiger partial charge in [0.1, 0.15) is 5.69 Å². The zero-order chi connectivity index (χ0) is 18.7. The average molecular weight is 382 g/mol. The molecule has 0 bridgehead atoms. The minimum atomic E-state index is -4.70. The summed E-state index contributed by atoms with van der Waals surface area (Å²) in [6, 6.07) is 9.89. The number of aryl methyl sites for hydroxylation is 1. The van der Waals surface area contributed by atoms with Crippen LogP contribution in [0.15, 0.2) is 47.1 Å². The molecular formula is C17H11ClF3N3O2. The molecular weight excluding hydrogens is 371 g/mol. The van der Waals surface area contributed by atoms with E-state index >= 15 is 0 Å². The number of halogens is 4. The number of hydrogen-bond donors (Lipinski definition) is 0. The molecule has 0 atom stereocenters. The molecule has 0 N–H and O–H groups in total. The molecule has 0 aliphatic heterocycles. The number of rotatable bonds is 5. The number of carbonyl (C=O) groups excluding carboxylic acids is 1. The molecule has 9 heteroatoms. The number of carbonyl (C=O) groups is 1. The Bertz CT molecular complexity index is 924. The summed E-state index contributed by atoms with van der Waals surface area (Å²) in [6.07, 6.45) is -2.61. The standard InChI is InChI=1S/C17H11ClF3N3O2/c18-12-4-2-1-3-11(12)14(25)8-6-10-5-7-13(22-9-10)15-23-16(26-24-15)17(19,20)21/h1-5,7,9H,6,8H2. The van der Waals surface area contributed by atoms with Crippen molar-refractivity contribution in [1.82, 2.24) is 15.1 Å². The molecule has 0 unspecified atom stereocenters. The first kappa shape index (κ1) is 18.1. The molecule has 0 fully saturated rings. The lowest BCUT2D eigenvalue weighted by atomic mass is 10.0. The molecule has 0 spiro atoms. The molecule has 5 nitrogen and oxygen atoms in total. The lowest BCUT2D eigenvalue weighted by molar-refractivity contribution is -0.159. The van der Waals surface area contributed by atoms with Crippen LogP contribution in [0, 0.1) is 0 Å². The second kappa shape index (κ2) is 7.25. The molecule has 0 amide bonds. The monoisotopic (exact) mass is 381 g/mol. The molecule has 0 aliphatic carbocycles. The summed E-state index contributed by atoms with van der Waals surface area (Å²) in [4.78, 5) is 19.5. The number of aromatic nitrogens is 3. The van der Waals surface area contributed by atoms with E-state index in [1.165, 1.54) is 12.3 Å². The molecule has 134 valence electrons. The Hall–Kier alpha value is -2.74. The van der Waals surface area contributed by atoms with Gasteiger partial charge in [-0.15, -0.1) is 0 Å². The summed E-state index contributed by atoms with van der Waals surface area (Å²) < 4.78 is 41.6. The van der Waals surface area contributed by atoms with Crippen molar-refractivity contribution in [3.8, 4) is 11.5 Å². The van der Waals surface area contributed by atoms with Gasteiger partial charge in [-0.3, -0.25) is 9.78 Å². The van der Waals surface area contributed by atoms with E-state index in [-0.39, 0.29) is 23.7 Å². The van der Waals surface area contributed by atoms with Crippen molar-refractivity contribution >= 4 is 17.4 Å². The number of ketones is 1. The third-order valence-corrected chi connectivity index (χ3v) is 3.87. The minimum Gasteiger partial charge on any atom is -0.329 e. The van der Waals surface area contributed by atoms with E-state index in [0.717, 1.165) is 5.56 Å². The van der Waals surface area contributed by atoms with Crippen molar-refractivity contribution in [1.29, 1.82) is 0 Å². The van der Waals surface area contributed by atoms with E-state index in [0.29, 0.717) is 17.0 Å². The van der Waals surface area contributed by atoms with Gasteiger partial charge in [-0.1, -0.05) is 35.0 Å². The van der Waals surface area contributed by atoms with E-state index in [4.69, 9.17) is 11.6 Å². The quantitative estimate of drug-likeness (QED) is 0.603. The van der Waals surface area contributed by atoms with Gasteiger partial charge in [0.25, 0.3) is 0 Å². The Morgan fingerprint density at radius 3 is 2.54 bits per heavy atom. The molecule has 0 aliphatic rings. The summed E-state index contributed by atoms with van der Waals surface area (Å²) in [5.41, 5.74) is 1.34. The summed E-state index contributed by atoms with van der Waals surface area (Å²) in [6.45, 7) is 0. The van der Waals surface area contributed by atoms with Gasteiger partial charge in [0.15, 0.2) is 5.78 Å². The first-order valence-corrected chi connectivity index (χ1v) is 7.86. The third kappa shape index (κ3) is 4.08. The summed E-state index contributed by atoms with van der Waals surface area (Å²) in [5.74, 6) is -1.78. The third-order valence-electron chi connectivity index (χ3n) is 3.54. The van der Waals surface area contributed by atoms with Crippen molar-refractivity contribution in [3.63, 3.8) is 0 Å². The number of hydrogen-bond acceptors (Lipinski definition) is 5. The SMILES string of the molecule is O=C(CCc1ccc(-c2noc(C(F)(F)F)n2)nc1)c1ccccc1Cl. The Labute approximate surface area is 150 Å². The van der Waals surface area contributed by atoms with Gasteiger partial charge in [-0.2, -0.15) is 18.2 Å². The first-order chi connectivity index (χ1) is 12.3. The van der Waals surface area contributed by atoms with E-state index in [9.17, 15) is 18.0 Å². The fourth-order valence-electron chi connectivity index (χ4n) is 2.23. The lowest BCUT2D eigenvalue weighted by Crippen LogP contribution is -2.05. The number of alkyl halides is 3. The predicted octanol–water partition coefficient (Wildman–Crippen LogP) is 4.62. The molecule has 2 heterocycles. The van der Waals surface area contributed by atoms with Gasteiger partial charge in [0.2, 0.25) is 5.82 Å². The maximum Gasteiger partial charge on any atom is 0.471 e. The van der Waals surface area contributed by atoms with Crippen LogP contribution in [0.25, 0.3) is 11.5 Å². The molecule has 0 saturated heterocycles. The number of pyridine rings is 1. The maximum atomic E-state index is 12.5. The van der Waals surface area contributed by atoms with Gasteiger partial charge in [0.05, 0.1) is 5.02 Å². The highest BCUT2D eigenvalue weighted by Crippen LogP contribution is 2.29. The summed E-state index contributed by atoms with van der Waals surface area (Å²) in [7, 11) is 0. The van der Waals surface area contributed by atoms with Crippen LogP contribution >= 0.6 is 11.6 Å². The second-order valence-corrected chi connectivity index (χ2v) is 5.78. The van der Waals surface area contributed by atoms with Crippen LogP contribution < -0.4 is 0 Å². The molecule has 1 aromatic carbocycles. The highest BCUT2D eigenvalue weighted by Gasteiger charge is 2.38. The zero-order valence-electron chi connectivity index (χ0n) is 13.1. The molecule has 2 aromatic heterocycles. The van der Waals surface area contributed by atoms with Crippen molar-refractivity contribution in [2.24, 2.45) is 0 Å². The van der Waals surface area contributed by atoms with Crippen LogP contribution in [0.1, 0.15) is 28.2 Å². The van der Waals surface area contributed by atoms with Gasteiger partial charge < -0.3 is 4.52 Å². The van der Waals surface area contributed by atoms with Crippen molar-refractivity contribution < 1.29 is 22.5 Å². The second-order valence-electron chi connectivity index (χ2n) is 5.38. The van der Waals surface area contributed by atoms with E-state index in [1.807, 2.05) is 0 Å². The van der Waals surface area contributed by atoms with E-state index in [2.05, 4.69) is 19.6 Å². The Balaban J connectivity index is 1.66. The van der Waals surface area contributed by atoms with Crippen molar-refractivity contribution in [3.05, 3.63) is 64.6 Å². The smallest absolute Gasteiger partial charge is 0.329 e. The van der Waals surface area contributed by atoms with Crippen LogP contribution in [0.3, 0.4) is 0 Å². The van der Waals surface area contributed by atoms with Crippen LogP contribution in [0.5, 0.6) is 0 Å². The number of benzene rings is 1. The van der Waals surface area contributed by atoms with Gasteiger partial charge >= 0.3 is 12.1 Å². The summed E-state index contributed by atoms with van der Waals surface area (Å²) >= 11 is 5.99. The van der Waals surface area contributed by atoms with Crippen LogP contribution in [-0.4, -0.2) is 20.9 Å². The predicted molar refractivity (Wildman–Crippen MR) is 86.6 cm³/mol. The van der Waals surface area contributed by atoms with Crippen LogP contribution in [0.2, 0.25) is 5.02 Å². The topological polar surface area (TPSA) is 68.9 Å². The highest BCUT2D eigenvalue weighted by atomic mass is 35.5. The number of nitrogens with zero attached hydrogens (tertiary/aromatic N) is 3. The molecule has 3 rings (SSSR count).